The van der Waals surface area contributed by atoms with Crippen LogP contribution in [0.2, 0.25) is 0 Å². The van der Waals surface area contributed by atoms with Gasteiger partial charge < -0.3 is 10.6 Å². The molecule has 0 spiro atoms. The molecule has 5 heteroatoms. The fraction of sp³-hybridized carbons (Fsp3) is 0.238. The van der Waals surface area contributed by atoms with Crippen molar-refractivity contribution in [1.29, 1.82) is 0 Å². The SMILES string of the molecule is CSc1ccc(C=CC(=O)Nc2ccc(CC(=O)NC3CC3)cc2)cc1. The average Bonchev–Trinajstić information content (AvgIpc) is 3.46. The number of thioether (sulfide) groups is 1. The number of carbonyl (C=O) groups excluding carboxylic acids is 2. The van der Waals surface area contributed by atoms with E-state index in [1.165, 1.54) is 11.0 Å². The zero-order chi connectivity index (χ0) is 18.4. The van der Waals surface area contributed by atoms with Crippen molar-refractivity contribution in [3.63, 3.8) is 0 Å². The molecule has 0 saturated heterocycles. The fourth-order valence-electron chi connectivity index (χ4n) is 2.47. The summed E-state index contributed by atoms with van der Waals surface area (Å²) in [7, 11) is 0. The monoisotopic (exact) mass is 366 g/mol. The lowest BCUT2D eigenvalue weighted by Gasteiger charge is -2.06. The van der Waals surface area contributed by atoms with Crippen LogP contribution in [0.25, 0.3) is 6.08 Å². The molecule has 1 fully saturated rings. The van der Waals surface area contributed by atoms with Crippen LogP contribution in [-0.4, -0.2) is 24.1 Å². The molecule has 134 valence electrons. The van der Waals surface area contributed by atoms with Gasteiger partial charge in [0.25, 0.3) is 0 Å². The van der Waals surface area contributed by atoms with Gasteiger partial charge in [0.2, 0.25) is 11.8 Å². The van der Waals surface area contributed by atoms with Crippen LogP contribution in [0.1, 0.15) is 24.0 Å². The highest BCUT2D eigenvalue weighted by Gasteiger charge is 2.22. The molecule has 3 rings (SSSR count). The molecule has 2 amide bonds. The molecule has 1 aliphatic rings. The van der Waals surface area contributed by atoms with Crippen molar-refractivity contribution in [2.75, 3.05) is 11.6 Å². The summed E-state index contributed by atoms with van der Waals surface area (Å²) >= 11 is 1.69. The molecule has 1 aliphatic carbocycles. The van der Waals surface area contributed by atoms with Crippen LogP contribution < -0.4 is 10.6 Å². The van der Waals surface area contributed by atoms with Crippen LogP contribution >= 0.6 is 11.8 Å². The normalized spacial score (nSPS) is 13.6. The third-order valence-electron chi connectivity index (χ3n) is 4.07. The van der Waals surface area contributed by atoms with E-state index in [2.05, 4.69) is 10.6 Å². The predicted octanol–water partition coefficient (Wildman–Crippen LogP) is 3.88. The number of hydrogen-bond donors (Lipinski definition) is 2. The van der Waals surface area contributed by atoms with Gasteiger partial charge in [0, 0.05) is 22.7 Å². The smallest absolute Gasteiger partial charge is 0.248 e. The van der Waals surface area contributed by atoms with Gasteiger partial charge in [0.15, 0.2) is 0 Å². The molecule has 0 heterocycles. The van der Waals surface area contributed by atoms with Crippen molar-refractivity contribution >= 4 is 35.3 Å². The van der Waals surface area contributed by atoms with Crippen LogP contribution in [0.15, 0.2) is 59.5 Å². The van der Waals surface area contributed by atoms with Gasteiger partial charge in [-0.3, -0.25) is 9.59 Å². The van der Waals surface area contributed by atoms with E-state index < -0.39 is 0 Å². The maximum Gasteiger partial charge on any atom is 0.248 e. The van der Waals surface area contributed by atoms with Crippen molar-refractivity contribution in [2.45, 2.75) is 30.2 Å². The lowest BCUT2D eigenvalue weighted by molar-refractivity contribution is -0.120. The quantitative estimate of drug-likeness (QED) is 0.577. The van der Waals surface area contributed by atoms with Crippen LogP contribution in [0.5, 0.6) is 0 Å². The first-order valence-electron chi connectivity index (χ1n) is 8.64. The molecule has 4 nitrogen and oxygen atoms in total. The number of hydrogen-bond acceptors (Lipinski definition) is 3. The minimum atomic E-state index is -0.182. The molecule has 2 N–H and O–H groups in total. The molecule has 2 aromatic rings. The summed E-state index contributed by atoms with van der Waals surface area (Å²) in [5.41, 5.74) is 2.63. The van der Waals surface area contributed by atoms with Crippen molar-refractivity contribution in [3.05, 3.63) is 65.7 Å². The van der Waals surface area contributed by atoms with Crippen LogP contribution in [-0.2, 0) is 16.0 Å². The molecule has 0 unspecified atom stereocenters. The Morgan fingerprint density at radius 1 is 1.08 bits per heavy atom. The molecule has 26 heavy (non-hydrogen) atoms. The maximum atomic E-state index is 12.0. The van der Waals surface area contributed by atoms with Gasteiger partial charge >= 0.3 is 0 Å². The van der Waals surface area contributed by atoms with Crippen LogP contribution in [0.3, 0.4) is 0 Å². The van der Waals surface area contributed by atoms with E-state index in [9.17, 15) is 9.59 Å². The maximum absolute atomic E-state index is 12.0. The zero-order valence-corrected chi connectivity index (χ0v) is 15.5. The number of anilines is 1. The van der Waals surface area contributed by atoms with E-state index in [0.29, 0.717) is 18.2 Å². The number of nitrogens with one attached hydrogen (secondary N) is 2. The summed E-state index contributed by atoms with van der Waals surface area (Å²) in [5.74, 6) is -0.127. The molecule has 0 aliphatic heterocycles. The molecule has 0 aromatic heterocycles. The Kier molecular flexibility index (Phi) is 6.12. The molecular formula is C21H22N2O2S. The molecule has 0 bridgehead atoms. The zero-order valence-electron chi connectivity index (χ0n) is 14.7. The Labute approximate surface area is 158 Å². The first kappa shape index (κ1) is 18.3. The molecule has 0 atom stereocenters. The number of carbonyl (C=O) groups is 2. The minimum absolute atomic E-state index is 0.0553. The summed E-state index contributed by atoms with van der Waals surface area (Å²) in [5, 5.41) is 5.80. The Morgan fingerprint density at radius 3 is 2.38 bits per heavy atom. The summed E-state index contributed by atoms with van der Waals surface area (Å²) < 4.78 is 0. The highest BCUT2D eigenvalue weighted by molar-refractivity contribution is 7.98. The second-order valence-electron chi connectivity index (χ2n) is 6.31. The summed E-state index contributed by atoms with van der Waals surface area (Å²) in [6, 6.07) is 15.8. The van der Waals surface area contributed by atoms with Gasteiger partial charge in [0.1, 0.15) is 0 Å². The molecule has 1 saturated carbocycles. The van der Waals surface area contributed by atoms with Gasteiger partial charge in [-0.15, -0.1) is 11.8 Å². The second kappa shape index (κ2) is 8.72. The Morgan fingerprint density at radius 2 is 1.77 bits per heavy atom. The topological polar surface area (TPSA) is 58.2 Å². The Bertz CT molecular complexity index is 794. The van der Waals surface area contributed by atoms with Gasteiger partial charge in [-0.25, -0.2) is 0 Å². The van der Waals surface area contributed by atoms with Crippen molar-refractivity contribution in [2.24, 2.45) is 0 Å². The van der Waals surface area contributed by atoms with Gasteiger partial charge in [-0.1, -0.05) is 24.3 Å². The van der Waals surface area contributed by atoms with E-state index in [-0.39, 0.29) is 11.8 Å². The number of amides is 2. The lowest BCUT2D eigenvalue weighted by Crippen LogP contribution is -2.26. The van der Waals surface area contributed by atoms with Gasteiger partial charge in [-0.05, 0) is 60.6 Å². The standard InChI is InChI=1S/C21H22N2O2S/c1-26-19-11-4-15(5-12-19)6-13-20(24)22-17-7-2-16(3-8-17)14-21(25)23-18-9-10-18/h2-8,11-13,18H,9-10,14H2,1H3,(H,22,24)(H,23,25). The van der Waals surface area contributed by atoms with E-state index in [1.54, 1.807) is 17.8 Å². The summed E-state index contributed by atoms with van der Waals surface area (Å²) in [6.07, 6.45) is 7.89. The fourth-order valence-corrected chi connectivity index (χ4v) is 2.88. The van der Waals surface area contributed by atoms with Crippen LogP contribution in [0, 0.1) is 0 Å². The van der Waals surface area contributed by atoms with Crippen LogP contribution in [0.4, 0.5) is 5.69 Å². The number of rotatable bonds is 7. The third-order valence-corrected chi connectivity index (χ3v) is 4.82. The van der Waals surface area contributed by atoms with E-state index >= 15 is 0 Å². The minimum Gasteiger partial charge on any atom is -0.353 e. The molecule has 2 aromatic carbocycles. The first-order chi connectivity index (χ1) is 12.6. The average molecular weight is 366 g/mol. The molecular weight excluding hydrogens is 344 g/mol. The van der Waals surface area contributed by atoms with Crippen molar-refractivity contribution in [1.82, 2.24) is 5.32 Å². The third kappa shape index (κ3) is 5.77. The molecule has 0 radical (unpaired) electrons. The van der Waals surface area contributed by atoms with Crippen molar-refractivity contribution in [3.8, 4) is 0 Å². The van der Waals surface area contributed by atoms with Crippen molar-refractivity contribution < 1.29 is 9.59 Å². The van der Waals surface area contributed by atoms with E-state index in [1.807, 2.05) is 54.8 Å². The Balaban J connectivity index is 1.50. The summed E-state index contributed by atoms with van der Waals surface area (Å²) in [4.78, 5) is 25.0. The van der Waals surface area contributed by atoms with Gasteiger partial charge in [-0.2, -0.15) is 0 Å². The highest BCUT2D eigenvalue weighted by Crippen LogP contribution is 2.19. The lowest BCUT2D eigenvalue weighted by atomic mass is 10.1. The van der Waals surface area contributed by atoms with E-state index in [4.69, 9.17) is 0 Å². The second-order valence-corrected chi connectivity index (χ2v) is 7.19. The first-order valence-corrected chi connectivity index (χ1v) is 9.86. The number of benzene rings is 2. The largest absolute Gasteiger partial charge is 0.353 e. The highest BCUT2D eigenvalue weighted by atomic mass is 32.2. The Hall–Kier alpha value is -2.53. The predicted molar refractivity (Wildman–Crippen MR) is 107 cm³/mol. The van der Waals surface area contributed by atoms with E-state index in [0.717, 1.165) is 24.0 Å². The summed E-state index contributed by atoms with van der Waals surface area (Å²) in [6.45, 7) is 0. The van der Waals surface area contributed by atoms with Gasteiger partial charge in [0.05, 0.1) is 6.42 Å².